The quantitative estimate of drug-likeness (QED) is 0.543. The van der Waals surface area contributed by atoms with Gasteiger partial charge in [-0.25, -0.2) is 14.4 Å². The highest BCUT2D eigenvalue weighted by Crippen LogP contribution is 2.33. The second-order valence-electron chi connectivity index (χ2n) is 4.87. The standard InChI is InChI=1S/C16H16BrNO7/c1-22-14(19)9-4-5-12(11(17)6-9)18-8-25-7-10(15(20)23-2)13(18)16(21)24-3/h4-6H,7-8H2,1-3H3. The Balaban J connectivity index is 2.54. The molecule has 0 atom stereocenters. The van der Waals surface area contributed by atoms with Crippen LogP contribution in [0.5, 0.6) is 0 Å². The summed E-state index contributed by atoms with van der Waals surface area (Å²) in [7, 11) is 3.71. The Bertz CT molecular complexity index is 744. The number of esters is 3. The maximum atomic E-state index is 12.2. The minimum absolute atomic E-state index is 0.0150. The topological polar surface area (TPSA) is 91.4 Å². The molecule has 0 saturated heterocycles. The average Bonchev–Trinajstić information content (AvgIpc) is 2.65. The molecule has 0 spiro atoms. The average molecular weight is 414 g/mol. The second kappa shape index (κ2) is 8.13. The van der Waals surface area contributed by atoms with Gasteiger partial charge in [-0.15, -0.1) is 0 Å². The molecule has 1 aliphatic heterocycles. The summed E-state index contributed by atoms with van der Waals surface area (Å²) in [6, 6.07) is 4.68. The van der Waals surface area contributed by atoms with Crippen LogP contribution in [0.2, 0.25) is 0 Å². The van der Waals surface area contributed by atoms with E-state index in [1.165, 1.54) is 32.3 Å². The van der Waals surface area contributed by atoms with E-state index in [0.717, 1.165) is 0 Å². The number of ether oxygens (including phenoxy) is 4. The molecule has 0 fully saturated rings. The number of hydrogen-bond donors (Lipinski definition) is 0. The minimum atomic E-state index is -0.701. The van der Waals surface area contributed by atoms with Crippen LogP contribution in [0.15, 0.2) is 33.9 Å². The Morgan fingerprint density at radius 2 is 1.68 bits per heavy atom. The van der Waals surface area contributed by atoms with Crippen molar-refractivity contribution in [2.75, 3.05) is 39.6 Å². The Kier molecular flexibility index (Phi) is 6.16. The lowest BCUT2D eigenvalue weighted by atomic mass is 10.1. The van der Waals surface area contributed by atoms with Crippen molar-refractivity contribution in [2.24, 2.45) is 0 Å². The van der Waals surface area contributed by atoms with E-state index in [9.17, 15) is 14.4 Å². The van der Waals surface area contributed by atoms with E-state index in [2.05, 4.69) is 20.7 Å². The van der Waals surface area contributed by atoms with Crippen molar-refractivity contribution < 1.29 is 33.3 Å². The van der Waals surface area contributed by atoms with Crippen LogP contribution in [-0.2, 0) is 28.5 Å². The summed E-state index contributed by atoms with van der Waals surface area (Å²) in [4.78, 5) is 37.3. The van der Waals surface area contributed by atoms with Crippen LogP contribution in [0.3, 0.4) is 0 Å². The molecular weight excluding hydrogens is 398 g/mol. The molecule has 25 heavy (non-hydrogen) atoms. The van der Waals surface area contributed by atoms with Crippen molar-refractivity contribution in [3.63, 3.8) is 0 Å². The van der Waals surface area contributed by atoms with E-state index in [1.807, 2.05) is 0 Å². The number of benzene rings is 1. The molecule has 0 aromatic heterocycles. The molecular formula is C16H16BrNO7. The van der Waals surface area contributed by atoms with Crippen molar-refractivity contribution >= 4 is 39.5 Å². The second-order valence-corrected chi connectivity index (χ2v) is 5.73. The van der Waals surface area contributed by atoms with E-state index in [4.69, 9.17) is 14.2 Å². The van der Waals surface area contributed by atoms with E-state index in [-0.39, 0.29) is 24.6 Å². The van der Waals surface area contributed by atoms with Gasteiger partial charge in [0.05, 0.1) is 44.8 Å². The molecule has 1 aliphatic rings. The summed E-state index contributed by atoms with van der Waals surface area (Å²) >= 11 is 3.36. The van der Waals surface area contributed by atoms with E-state index >= 15 is 0 Å². The monoisotopic (exact) mass is 413 g/mol. The van der Waals surface area contributed by atoms with Gasteiger partial charge in [-0.2, -0.15) is 0 Å². The van der Waals surface area contributed by atoms with Gasteiger partial charge in [0.1, 0.15) is 12.4 Å². The molecule has 9 heteroatoms. The lowest BCUT2D eigenvalue weighted by molar-refractivity contribution is -0.140. The van der Waals surface area contributed by atoms with E-state index in [0.29, 0.717) is 15.7 Å². The molecule has 0 amide bonds. The largest absolute Gasteiger partial charge is 0.466 e. The number of anilines is 1. The van der Waals surface area contributed by atoms with Crippen LogP contribution in [0.25, 0.3) is 0 Å². The highest BCUT2D eigenvalue weighted by molar-refractivity contribution is 9.10. The van der Waals surface area contributed by atoms with Gasteiger partial charge in [0.25, 0.3) is 0 Å². The van der Waals surface area contributed by atoms with Gasteiger partial charge in [0.15, 0.2) is 0 Å². The molecule has 0 radical (unpaired) electrons. The van der Waals surface area contributed by atoms with Crippen LogP contribution in [-0.4, -0.2) is 52.6 Å². The summed E-state index contributed by atoms with van der Waals surface area (Å²) in [5, 5.41) is 0. The maximum Gasteiger partial charge on any atom is 0.355 e. The Hall–Kier alpha value is -2.39. The first-order chi connectivity index (χ1) is 11.9. The first kappa shape index (κ1) is 18.9. The van der Waals surface area contributed by atoms with Gasteiger partial charge >= 0.3 is 17.9 Å². The zero-order valence-corrected chi connectivity index (χ0v) is 15.4. The highest BCUT2D eigenvalue weighted by Gasteiger charge is 2.33. The van der Waals surface area contributed by atoms with Gasteiger partial charge in [0.2, 0.25) is 0 Å². The fourth-order valence-electron chi connectivity index (χ4n) is 2.30. The molecule has 0 N–H and O–H groups in total. The van der Waals surface area contributed by atoms with Crippen LogP contribution < -0.4 is 4.90 Å². The van der Waals surface area contributed by atoms with Crippen LogP contribution >= 0.6 is 15.9 Å². The number of methoxy groups -OCH3 is 3. The summed E-state index contributed by atoms with van der Waals surface area (Å²) in [6.45, 7) is -0.0629. The minimum Gasteiger partial charge on any atom is -0.466 e. The molecule has 0 bridgehead atoms. The predicted octanol–water partition coefficient (Wildman–Crippen LogP) is 1.63. The molecule has 8 nitrogen and oxygen atoms in total. The van der Waals surface area contributed by atoms with Crippen LogP contribution in [0.1, 0.15) is 10.4 Å². The van der Waals surface area contributed by atoms with Gasteiger partial charge in [-0.1, -0.05) is 0 Å². The number of nitrogens with zero attached hydrogens (tertiary/aromatic N) is 1. The number of hydrogen-bond acceptors (Lipinski definition) is 8. The predicted molar refractivity (Wildman–Crippen MR) is 89.8 cm³/mol. The molecule has 1 aromatic carbocycles. The molecule has 0 saturated carbocycles. The molecule has 1 heterocycles. The first-order valence-electron chi connectivity index (χ1n) is 7.07. The third-order valence-corrected chi connectivity index (χ3v) is 4.13. The number of halogens is 1. The Labute approximate surface area is 152 Å². The van der Waals surface area contributed by atoms with E-state index in [1.54, 1.807) is 12.1 Å². The number of rotatable bonds is 4. The van der Waals surface area contributed by atoms with Crippen molar-refractivity contribution in [3.8, 4) is 0 Å². The van der Waals surface area contributed by atoms with E-state index < -0.39 is 17.9 Å². The summed E-state index contributed by atoms with van der Waals surface area (Å²) in [5.74, 6) is -1.89. The number of carbonyl (C=O) groups excluding carboxylic acids is 3. The highest BCUT2D eigenvalue weighted by atomic mass is 79.9. The van der Waals surface area contributed by atoms with Crippen molar-refractivity contribution in [3.05, 3.63) is 39.5 Å². The lowest BCUT2D eigenvalue weighted by Crippen LogP contribution is -2.39. The summed E-state index contributed by atoms with van der Waals surface area (Å²) in [6.07, 6.45) is 0. The van der Waals surface area contributed by atoms with Gasteiger partial charge in [-0.3, -0.25) is 0 Å². The molecule has 1 aromatic rings. The maximum absolute atomic E-state index is 12.2. The van der Waals surface area contributed by atoms with Gasteiger partial charge in [0, 0.05) is 4.47 Å². The smallest absolute Gasteiger partial charge is 0.355 e. The molecule has 2 rings (SSSR count). The fraction of sp³-hybridized carbons (Fsp3) is 0.312. The number of carbonyl (C=O) groups is 3. The van der Waals surface area contributed by atoms with Crippen LogP contribution in [0.4, 0.5) is 5.69 Å². The van der Waals surface area contributed by atoms with Crippen molar-refractivity contribution in [1.29, 1.82) is 0 Å². The third kappa shape index (κ3) is 3.83. The lowest BCUT2D eigenvalue weighted by Gasteiger charge is -2.32. The fourth-order valence-corrected chi connectivity index (χ4v) is 2.90. The zero-order chi connectivity index (χ0) is 18.6. The van der Waals surface area contributed by atoms with Crippen molar-refractivity contribution in [2.45, 2.75) is 0 Å². The molecule has 0 unspecified atom stereocenters. The normalized spacial score (nSPS) is 14.2. The van der Waals surface area contributed by atoms with Crippen LogP contribution in [0, 0.1) is 0 Å². The van der Waals surface area contributed by atoms with Gasteiger partial charge < -0.3 is 23.8 Å². The molecule has 134 valence electrons. The van der Waals surface area contributed by atoms with Gasteiger partial charge in [-0.05, 0) is 34.1 Å². The Morgan fingerprint density at radius 1 is 1.04 bits per heavy atom. The molecule has 0 aliphatic carbocycles. The van der Waals surface area contributed by atoms with Crippen molar-refractivity contribution in [1.82, 2.24) is 0 Å². The summed E-state index contributed by atoms with van der Waals surface area (Å²) < 4.78 is 20.1. The first-order valence-corrected chi connectivity index (χ1v) is 7.86. The third-order valence-electron chi connectivity index (χ3n) is 3.49. The zero-order valence-electron chi connectivity index (χ0n) is 13.8. The Morgan fingerprint density at radius 3 is 2.24 bits per heavy atom. The SMILES string of the molecule is COC(=O)C1=C(C(=O)OC)N(c2ccc(C(=O)OC)cc2Br)COC1. The summed E-state index contributed by atoms with van der Waals surface area (Å²) in [5.41, 5.74) is 0.902.